The molecule has 0 aromatic carbocycles. The Bertz CT molecular complexity index is 397. The molecule has 1 unspecified atom stereocenters. The summed E-state index contributed by atoms with van der Waals surface area (Å²) in [4.78, 5) is 22.6. The molecule has 0 rings (SSSR count). The van der Waals surface area contributed by atoms with E-state index in [1.807, 2.05) is 0 Å². The minimum atomic E-state index is -0.219. The van der Waals surface area contributed by atoms with Crippen molar-refractivity contribution >= 4 is 27.7 Å². The Morgan fingerprint density at radius 1 is 0.828 bits per heavy atom. The molecule has 29 heavy (non-hydrogen) atoms. The van der Waals surface area contributed by atoms with Crippen LogP contribution >= 0.6 is 15.9 Å². The minimum Gasteiger partial charge on any atom is -0.379 e. The van der Waals surface area contributed by atoms with Crippen LogP contribution in [-0.4, -0.2) is 50.1 Å². The summed E-state index contributed by atoms with van der Waals surface area (Å²) in [5.41, 5.74) is 5.53. The average molecular weight is 480 g/mol. The van der Waals surface area contributed by atoms with E-state index in [0.717, 1.165) is 12.8 Å². The molecular formula is C22H43BrN2O4. The second-order valence-electron chi connectivity index (χ2n) is 7.57. The second kappa shape index (κ2) is 22.0. The number of primary amides is 1. The minimum absolute atomic E-state index is 0.0512. The van der Waals surface area contributed by atoms with E-state index in [1.54, 1.807) is 0 Å². The number of hydrogen-bond donors (Lipinski definition) is 2. The molecule has 0 saturated heterocycles. The number of nitrogens with two attached hydrogens (primary N) is 1. The number of nitrogens with one attached hydrogen (secondary N) is 1. The molecule has 0 aromatic heterocycles. The van der Waals surface area contributed by atoms with Gasteiger partial charge in [0.15, 0.2) is 0 Å². The van der Waals surface area contributed by atoms with Crippen LogP contribution in [0.3, 0.4) is 0 Å². The molecule has 0 aliphatic rings. The predicted octanol–water partition coefficient (Wildman–Crippen LogP) is 4.33. The molecule has 0 radical (unpaired) electrons. The lowest BCUT2D eigenvalue weighted by Gasteiger charge is -2.13. The van der Waals surface area contributed by atoms with Crippen LogP contribution in [0.4, 0.5) is 0 Å². The number of hydrogen-bond acceptors (Lipinski definition) is 4. The van der Waals surface area contributed by atoms with Crippen molar-refractivity contribution in [3.63, 3.8) is 0 Å². The molecule has 0 heterocycles. The SMILES string of the molecule is CCCCCCCCCCCCC(CCOCCOCCNC(=O)CBr)C(N)=O. The summed E-state index contributed by atoms with van der Waals surface area (Å²) >= 11 is 3.08. The Morgan fingerprint density at radius 3 is 1.93 bits per heavy atom. The second-order valence-corrected chi connectivity index (χ2v) is 8.13. The van der Waals surface area contributed by atoms with Crippen LogP contribution in [0.15, 0.2) is 0 Å². The van der Waals surface area contributed by atoms with Gasteiger partial charge >= 0.3 is 0 Å². The van der Waals surface area contributed by atoms with Gasteiger partial charge in [-0.05, 0) is 12.8 Å². The number of carbonyl (C=O) groups excluding carboxylic acids is 2. The van der Waals surface area contributed by atoms with Crippen LogP contribution in [0.25, 0.3) is 0 Å². The van der Waals surface area contributed by atoms with Gasteiger partial charge in [-0.3, -0.25) is 9.59 Å². The number of carbonyl (C=O) groups is 2. The van der Waals surface area contributed by atoms with E-state index in [0.29, 0.717) is 44.7 Å². The summed E-state index contributed by atoms with van der Waals surface area (Å²) in [5, 5.41) is 3.01. The van der Waals surface area contributed by atoms with E-state index in [4.69, 9.17) is 15.2 Å². The van der Waals surface area contributed by atoms with Gasteiger partial charge in [0.2, 0.25) is 11.8 Å². The van der Waals surface area contributed by atoms with E-state index in [1.165, 1.54) is 57.8 Å². The van der Waals surface area contributed by atoms with Crippen molar-refractivity contribution in [3.05, 3.63) is 0 Å². The third-order valence-corrected chi connectivity index (χ3v) is 5.49. The molecular weight excluding hydrogens is 436 g/mol. The Morgan fingerprint density at radius 2 is 1.38 bits per heavy atom. The third kappa shape index (κ3) is 20.4. The summed E-state index contributed by atoms with van der Waals surface area (Å²) in [6, 6.07) is 0. The highest BCUT2D eigenvalue weighted by Gasteiger charge is 2.14. The van der Waals surface area contributed by atoms with Gasteiger partial charge in [-0.25, -0.2) is 0 Å². The van der Waals surface area contributed by atoms with Crippen molar-refractivity contribution in [3.8, 4) is 0 Å². The monoisotopic (exact) mass is 478 g/mol. The van der Waals surface area contributed by atoms with Crippen molar-refractivity contribution in [2.75, 3.05) is 38.3 Å². The van der Waals surface area contributed by atoms with E-state index in [9.17, 15) is 9.59 Å². The van der Waals surface area contributed by atoms with Gasteiger partial charge in [0.05, 0.1) is 25.2 Å². The van der Waals surface area contributed by atoms with Crippen LogP contribution in [0.2, 0.25) is 0 Å². The van der Waals surface area contributed by atoms with Gasteiger partial charge in [-0.2, -0.15) is 0 Å². The van der Waals surface area contributed by atoms with Gasteiger partial charge < -0.3 is 20.5 Å². The van der Waals surface area contributed by atoms with Gasteiger partial charge in [0.1, 0.15) is 0 Å². The lowest BCUT2D eigenvalue weighted by Crippen LogP contribution is -2.28. The largest absolute Gasteiger partial charge is 0.379 e. The van der Waals surface area contributed by atoms with Crippen molar-refractivity contribution in [1.82, 2.24) is 5.32 Å². The van der Waals surface area contributed by atoms with Crippen molar-refractivity contribution < 1.29 is 19.1 Å². The number of rotatable bonds is 22. The number of halogens is 1. The predicted molar refractivity (Wildman–Crippen MR) is 122 cm³/mol. The smallest absolute Gasteiger partial charge is 0.230 e. The maximum atomic E-state index is 11.6. The molecule has 2 amide bonds. The van der Waals surface area contributed by atoms with Gasteiger partial charge in [0.25, 0.3) is 0 Å². The molecule has 7 heteroatoms. The summed E-state index contributed by atoms with van der Waals surface area (Å²) in [5.74, 6) is -0.363. The molecule has 0 saturated carbocycles. The Hall–Kier alpha value is -0.660. The number of alkyl halides is 1. The van der Waals surface area contributed by atoms with Crippen LogP contribution in [0.5, 0.6) is 0 Å². The molecule has 0 aliphatic heterocycles. The maximum Gasteiger partial charge on any atom is 0.230 e. The molecule has 0 spiro atoms. The highest BCUT2D eigenvalue weighted by atomic mass is 79.9. The third-order valence-electron chi connectivity index (χ3n) is 4.98. The first-order chi connectivity index (χ1) is 14.1. The van der Waals surface area contributed by atoms with Gasteiger partial charge in [-0.1, -0.05) is 87.1 Å². The molecule has 0 aromatic rings. The van der Waals surface area contributed by atoms with Gasteiger partial charge in [0, 0.05) is 19.1 Å². The zero-order valence-corrected chi connectivity index (χ0v) is 20.0. The fraction of sp³-hybridized carbons (Fsp3) is 0.909. The number of ether oxygens (including phenoxy) is 2. The van der Waals surface area contributed by atoms with Crippen molar-refractivity contribution in [1.29, 1.82) is 0 Å². The zero-order chi connectivity index (χ0) is 21.6. The van der Waals surface area contributed by atoms with Crippen LogP contribution in [-0.2, 0) is 19.1 Å². The molecule has 172 valence electrons. The lowest BCUT2D eigenvalue weighted by atomic mass is 9.96. The Labute approximate surface area is 186 Å². The fourth-order valence-corrected chi connectivity index (χ4v) is 3.36. The Balaban J connectivity index is 3.49. The summed E-state index contributed by atoms with van der Waals surface area (Å²) < 4.78 is 10.9. The normalized spacial score (nSPS) is 12.1. The van der Waals surface area contributed by atoms with E-state index < -0.39 is 0 Å². The molecule has 0 bridgehead atoms. The zero-order valence-electron chi connectivity index (χ0n) is 18.4. The first-order valence-corrected chi connectivity index (χ1v) is 12.5. The van der Waals surface area contributed by atoms with Crippen LogP contribution in [0, 0.1) is 5.92 Å². The first kappa shape index (κ1) is 28.3. The summed E-state index contributed by atoms with van der Waals surface area (Å²) in [6.45, 7) is 4.69. The summed E-state index contributed by atoms with van der Waals surface area (Å²) in [6.07, 6.45) is 14.4. The van der Waals surface area contributed by atoms with Crippen molar-refractivity contribution in [2.45, 2.75) is 84.0 Å². The van der Waals surface area contributed by atoms with Gasteiger partial charge in [-0.15, -0.1) is 0 Å². The maximum absolute atomic E-state index is 11.6. The van der Waals surface area contributed by atoms with E-state index in [-0.39, 0.29) is 17.7 Å². The number of amides is 2. The molecule has 1 atom stereocenters. The summed E-state index contributed by atoms with van der Waals surface area (Å²) in [7, 11) is 0. The highest BCUT2D eigenvalue weighted by Crippen LogP contribution is 2.16. The number of unbranched alkanes of at least 4 members (excludes halogenated alkanes) is 9. The molecule has 3 N–H and O–H groups in total. The van der Waals surface area contributed by atoms with E-state index in [2.05, 4.69) is 28.2 Å². The highest BCUT2D eigenvalue weighted by molar-refractivity contribution is 9.09. The quantitative estimate of drug-likeness (QED) is 0.179. The van der Waals surface area contributed by atoms with Crippen molar-refractivity contribution in [2.24, 2.45) is 11.7 Å². The van der Waals surface area contributed by atoms with Crippen LogP contribution in [0.1, 0.15) is 84.0 Å². The standard InChI is InChI=1S/C22H43BrN2O4/c1-2-3-4-5-6-7-8-9-10-11-12-20(22(24)27)13-15-28-17-18-29-16-14-25-21(26)19-23/h20H,2-19H2,1H3,(H2,24,27)(H,25,26). The molecule has 6 nitrogen and oxygen atoms in total. The first-order valence-electron chi connectivity index (χ1n) is 11.4. The fourth-order valence-electron chi connectivity index (χ4n) is 3.16. The Kier molecular flexibility index (Phi) is 21.5. The topological polar surface area (TPSA) is 90.7 Å². The molecule has 0 fully saturated rings. The van der Waals surface area contributed by atoms with Crippen LogP contribution < -0.4 is 11.1 Å². The average Bonchev–Trinajstić information content (AvgIpc) is 2.71. The van der Waals surface area contributed by atoms with E-state index >= 15 is 0 Å². The molecule has 0 aliphatic carbocycles. The lowest BCUT2D eigenvalue weighted by molar-refractivity contribution is -0.123.